The molecule has 2 fully saturated rings. The summed E-state index contributed by atoms with van der Waals surface area (Å²) in [4.78, 5) is 24.4. The van der Waals surface area contributed by atoms with Crippen LogP contribution in [0.2, 0.25) is 0 Å². The molecule has 1 spiro atoms. The number of ether oxygens (including phenoxy) is 1. The largest absolute Gasteiger partial charge is 0.486 e. The highest BCUT2D eigenvalue weighted by Gasteiger charge is 2.47. The Hall–Kier alpha value is -2.95. The molecule has 9 nitrogen and oxygen atoms in total. The molecule has 0 bridgehead atoms. The van der Waals surface area contributed by atoms with Crippen LogP contribution in [-0.4, -0.2) is 57.3 Å². The van der Waals surface area contributed by atoms with Crippen LogP contribution in [0, 0.1) is 5.41 Å². The number of aromatic nitrogens is 4. The number of rotatable bonds is 4. The van der Waals surface area contributed by atoms with Gasteiger partial charge in [-0.1, -0.05) is 17.8 Å². The summed E-state index contributed by atoms with van der Waals surface area (Å²) in [6, 6.07) is 6.51. The third kappa shape index (κ3) is 3.84. The zero-order chi connectivity index (χ0) is 25.0. The Morgan fingerprint density at radius 1 is 1.11 bits per heavy atom. The second kappa shape index (κ2) is 9.11. The van der Waals surface area contributed by atoms with E-state index in [1.165, 1.54) is 23.7 Å². The van der Waals surface area contributed by atoms with E-state index in [4.69, 9.17) is 20.4 Å². The van der Waals surface area contributed by atoms with E-state index in [-0.39, 0.29) is 18.1 Å². The summed E-state index contributed by atoms with van der Waals surface area (Å²) in [5.74, 6) is 2.51. The van der Waals surface area contributed by atoms with Gasteiger partial charge in [0.15, 0.2) is 17.4 Å². The standard InChI is InChI=1S/C27H31N7O2S/c28-24-18-4-1-8-29-19(18)13-27(24)6-11-33(12-7-27)25-20(15-35)32-22(14-31-25)37-21-5-9-30-26-23(21)36-16-17-3-2-10-34(17)26/h1,4-5,8-9,14,17,24,35H,2-3,6-7,10-13,15-16,28H2/t17?,24-/m1/s1. The van der Waals surface area contributed by atoms with Gasteiger partial charge in [-0.05, 0) is 55.2 Å². The van der Waals surface area contributed by atoms with Crippen molar-refractivity contribution in [3.8, 4) is 5.75 Å². The number of hydrogen-bond acceptors (Lipinski definition) is 10. The van der Waals surface area contributed by atoms with Crippen molar-refractivity contribution in [2.24, 2.45) is 11.1 Å². The quantitative estimate of drug-likeness (QED) is 0.535. The van der Waals surface area contributed by atoms with Crippen molar-refractivity contribution in [2.75, 3.05) is 36.0 Å². The fourth-order valence-corrected chi connectivity index (χ4v) is 7.41. The molecule has 2 atom stereocenters. The first-order valence-electron chi connectivity index (χ1n) is 13.1. The van der Waals surface area contributed by atoms with Crippen LogP contribution in [-0.2, 0) is 13.0 Å². The fraction of sp³-hybridized carbons (Fsp3) is 0.481. The molecule has 3 aliphatic heterocycles. The van der Waals surface area contributed by atoms with Crippen molar-refractivity contribution in [2.45, 2.75) is 60.7 Å². The van der Waals surface area contributed by atoms with Gasteiger partial charge in [-0.25, -0.2) is 15.0 Å². The molecule has 192 valence electrons. The minimum absolute atomic E-state index is 0.0184. The molecule has 3 aromatic heterocycles. The summed E-state index contributed by atoms with van der Waals surface area (Å²) >= 11 is 1.51. The van der Waals surface area contributed by atoms with Gasteiger partial charge in [0.2, 0.25) is 0 Å². The summed E-state index contributed by atoms with van der Waals surface area (Å²) in [5, 5.41) is 10.9. The number of pyridine rings is 2. The van der Waals surface area contributed by atoms with Gasteiger partial charge in [-0.15, -0.1) is 0 Å². The van der Waals surface area contributed by atoms with Gasteiger partial charge in [-0.3, -0.25) is 4.98 Å². The van der Waals surface area contributed by atoms with Gasteiger partial charge >= 0.3 is 0 Å². The van der Waals surface area contributed by atoms with E-state index >= 15 is 0 Å². The molecule has 0 radical (unpaired) electrons. The van der Waals surface area contributed by atoms with Crippen molar-refractivity contribution in [3.05, 3.63) is 53.7 Å². The normalized spacial score (nSPS) is 23.5. The van der Waals surface area contributed by atoms with Gasteiger partial charge in [0.25, 0.3) is 0 Å². The molecule has 6 heterocycles. The van der Waals surface area contributed by atoms with Crippen LogP contribution in [0.15, 0.2) is 46.7 Å². The number of aliphatic hydroxyl groups is 1. The predicted octanol–water partition coefficient (Wildman–Crippen LogP) is 3.11. The van der Waals surface area contributed by atoms with Crippen molar-refractivity contribution < 1.29 is 9.84 Å². The van der Waals surface area contributed by atoms with Gasteiger partial charge in [0.1, 0.15) is 17.3 Å². The Morgan fingerprint density at radius 3 is 2.84 bits per heavy atom. The lowest BCUT2D eigenvalue weighted by Gasteiger charge is -2.42. The number of nitrogens with zero attached hydrogens (tertiary/aromatic N) is 6. The summed E-state index contributed by atoms with van der Waals surface area (Å²) < 4.78 is 6.15. The lowest BCUT2D eigenvalue weighted by atomic mass is 9.73. The number of hydrogen-bond donors (Lipinski definition) is 2. The molecule has 0 aromatic carbocycles. The average molecular weight is 518 g/mol. The first-order chi connectivity index (χ1) is 18.1. The Bertz CT molecular complexity index is 1330. The van der Waals surface area contributed by atoms with Gasteiger partial charge in [0.05, 0.1) is 23.7 Å². The zero-order valence-electron chi connectivity index (χ0n) is 20.7. The molecule has 1 unspecified atom stereocenters. The third-order valence-electron chi connectivity index (χ3n) is 8.58. The van der Waals surface area contributed by atoms with E-state index in [1.54, 1.807) is 6.20 Å². The summed E-state index contributed by atoms with van der Waals surface area (Å²) in [7, 11) is 0. The van der Waals surface area contributed by atoms with E-state index in [0.717, 1.165) is 78.3 Å². The number of fused-ring (bicyclic) bond motifs is 4. The molecule has 10 heteroatoms. The summed E-state index contributed by atoms with van der Waals surface area (Å²) in [6.45, 7) is 3.22. The predicted molar refractivity (Wildman–Crippen MR) is 141 cm³/mol. The van der Waals surface area contributed by atoms with Gasteiger partial charge in [-0.2, -0.15) is 0 Å². The van der Waals surface area contributed by atoms with E-state index < -0.39 is 0 Å². The molecule has 3 aromatic rings. The zero-order valence-corrected chi connectivity index (χ0v) is 21.5. The Labute approximate surface area is 220 Å². The smallest absolute Gasteiger partial charge is 0.175 e. The topological polar surface area (TPSA) is 114 Å². The Balaban J connectivity index is 1.09. The minimum Gasteiger partial charge on any atom is -0.486 e. The highest BCUT2D eigenvalue weighted by atomic mass is 32.2. The maximum atomic E-state index is 10.2. The number of piperidine rings is 1. The molecule has 1 aliphatic carbocycles. The molecular weight excluding hydrogens is 486 g/mol. The molecule has 37 heavy (non-hydrogen) atoms. The third-order valence-corrected chi connectivity index (χ3v) is 9.53. The average Bonchev–Trinajstić information content (AvgIpc) is 3.53. The molecule has 7 rings (SSSR count). The minimum atomic E-state index is -0.159. The van der Waals surface area contributed by atoms with Gasteiger partial charge < -0.3 is 25.4 Å². The number of nitrogens with two attached hydrogens (primary N) is 1. The first kappa shape index (κ1) is 23.2. The maximum Gasteiger partial charge on any atom is 0.175 e. The number of aliphatic hydroxyl groups excluding tert-OH is 1. The summed E-state index contributed by atoms with van der Waals surface area (Å²) in [6.07, 6.45) is 10.7. The van der Waals surface area contributed by atoms with Crippen molar-refractivity contribution in [3.63, 3.8) is 0 Å². The van der Waals surface area contributed by atoms with E-state index in [1.807, 2.05) is 24.5 Å². The Kier molecular flexibility index (Phi) is 5.71. The van der Waals surface area contributed by atoms with Crippen LogP contribution in [0.4, 0.5) is 11.6 Å². The monoisotopic (exact) mass is 517 g/mol. The van der Waals surface area contributed by atoms with Gasteiger partial charge in [0, 0.05) is 43.8 Å². The second-order valence-corrected chi connectivity index (χ2v) is 11.6. The highest BCUT2D eigenvalue weighted by molar-refractivity contribution is 7.99. The molecule has 4 aliphatic rings. The Morgan fingerprint density at radius 2 is 2.00 bits per heavy atom. The lowest BCUT2D eigenvalue weighted by molar-refractivity contribution is 0.186. The van der Waals surface area contributed by atoms with Crippen LogP contribution in [0.5, 0.6) is 5.75 Å². The lowest BCUT2D eigenvalue weighted by Crippen LogP contribution is -2.45. The second-order valence-electron chi connectivity index (χ2n) is 10.5. The van der Waals surface area contributed by atoms with Crippen LogP contribution >= 0.6 is 11.8 Å². The van der Waals surface area contributed by atoms with Crippen LogP contribution in [0.25, 0.3) is 0 Å². The van der Waals surface area contributed by atoms with Crippen LogP contribution in [0.3, 0.4) is 0 Å². The molecule has 3 N–H and O–H groups in total. The fourth-order valence-electron chi connectivity index (χ4n) is 6.55. The van der Waals surface area contributed by atoms with Crippen molar-refractivity contribution in [1.29, 1.82) is 0 Å². The molecule has 0 saturated carbocycles. The van der Waals surface area contributed by atoms with Crippen molar-refractivity contribution in [1.82, 2.24) is 19.9 Å². The summed E-state index contributed by atoms with van der Waals surface area (Å²) in [5.41, 5.74) is 9.70. The molecule has 2 saturated heterocycles. The molecule has 0 amide bonds. The van der Waals surface area contributed by atoms with E-state index in [2.05, 4.69) is 25.8 Å². The molecular formula is C27H31N7O2S. The van der Waals surface area contributed by atoms with E-state index in [9.17, 15) is 5.11 Å². The van der Waals surface area contributed by atoms with Crippen LogP contribution < -0.4 is 20.3 Å². The SMILES string of the molecule is N[C@@H]1c2cccnc2CC12CCN(c1ncc(Sc3ccnc4c3OCC3CCCN43)nc1CO)CC2. The first-order valence-corrected chi connectivity index (χ1v) is 13.9. The van der Waals surface area contributed by atoms with Crippen molar-refractivity contribution >= 4 is 23.4 Å². The van der Waals surface area contributed by atoms with E-state index in [0.29, 0.717) is 18.3 Å². The maximum absolute atomic E-state index is 10.2. The highest BCUT2D eigenvalue weighted by Crippen LogP contribution is 2.50. The van der Waals surface area contributed by atoms with Crippen LogP contribution in [0.1, 0.15) is 48.7 Å². The number of anilines is 2.